The van der Waals surface area contributed by atoms with Crippen LogP contribution in [0.1, 0.15) is 80.8 Å². The van der Waals surface area contributed by atoms with Gasteiger partial charge in [-0.1, -0.05) is 58.0 Å². The van der Waals surface area contributed by atoms with Crippen LogP contribution < -0.4 is 4.74 Å². The Morgan fingerprint density at radius 2 is 1.73 bits per heavy atom. The minimum absolute atomic E-state index is 0.0149. The second-order valence-corrected chi connectivity index (χ2v) is 10.6. The molecule has 0 fully saturated rings. The van der Waals surface area contributed by atoms with Crippen LogP contribution in [0.4, 0.5) is 0 Å². The summed E-state index contributed by atoms with van der Waals surface area (Å²) in [5.74, 6) is -0.314. The topological polar surface area (TPSA) is 64.4 Å². The largest absolute Gasteiger partial charge is 0.489 e. The predicted molar refractivity (Wildman–Crippen MR) is 130 cm³/mol. The van der Waals surface area contributed by atoms with Crippen LogP contribution in [0.2, 0.25) is 0 Å². The molecule has 4 rings (SSSR count). The highest BCUT2D eigenvalue weighted by molar-refractivity contribution is 5.69. The van der Waals surface area contributed by atoms with Gasteiger partial charge in [0.25, 0.3) is 0 Å². The van der Waals surface area contributed by atoms with E-state index in [9.17, 15) is 9.90 Å². The van der Waals surface area contributed by atoms with Gasteiger partial charge in [-0.2, -0.15) is 0 Å². The highest BCUT2D eigenvalue weighted by Crippen LogP contribution is 2.46. The summed E-state index contributed by atoms with van der Waals surface area (Å²) in [5.41, 5.74) is 6.25. The molecule has 0 bridgehead atoms. The summed E-state index contributed by atoms with van der Waals surface area (Å²) < 4.78 is 7.97. The third kappa shape index (κ3) is 4.82. The molecule has 3 aromatic rings. The zero-order valence-electron chi connectivity index (χ0n) is 20.3. The lowest BCUT2D eigenvalue weighted by atomic mass is 9.63. The molecule has 1 heterocycles. The molecule has 5 heteroatoms. The molecule has 0 amide bonds. The summed E-state index contributed by atoms with van der Waals surface area (Å²) in [5, 5.41) is 9.40. The third-order valence-corrected chi connectivity index (χ3v) is 7.19. The number of carbonyl (C=O) groups is 1. The van der Waals surface area contributed by atoms with Gasteiger partial charge in [0.1, 0.15) is 12.4 Å². The van der Waals surface area contributed by atoms with E-state index < -0.39 is 5.97 Å². The van der Waals surface area contributed by atoms with Crippen molar-refractivity contribution in [1.29, 1.82) is 0 Å². The van der Waals surface area contributed by atoms with Crippen molar-refractivity contribution >= 4 is 5.97 Å². The Bertz CT molecular complexity index is 1140. The normalized spacial score (nSPS) is 17.2. The molecule has 1 aliphatic rings. The van der Waals surface area contributed by atoms with E-state index in [1.54, 1.807) is 12.5 Å². The second-order valence-electron chi connectivity index (χ2n) is 10.6. The van der Waals surface area contributed by atoms with Crippen molar-refractivity contribution in [3.05, 3.63) is 82.9 Å². The first-order valence-electron chi connectivity index (χ1n) is 11.6. The van der Waals surface area contributed by atoms with Crippen molar-refractivity contribution in [2.24, 2.45) is 7.05 Å². The van der Waals surface area contributed by atoms with Gasteiger partial charge >= 0.3 is 5.97 Å². The SMILES string of the molecule is Cn1cncc1C(CC(=O)O)c1ccc(OCc2ccc3c(c2)C(C)(C)CCC3(C)C)cc1. The minimum atomic E-state index is -0.833. The number of imidazole rings is 1. The smallest absolute Gasteiger partial charge is 0.304 e. The first-order chi connectivity index (χ1) is 15.6. The third-order valence-electron chi connectivity index (χ3n) is 7.19. The van der Waals surface area contributed by atoms with Crippen molar-refractivity contribution < 1.29 is 14.6 Å². The van der Waals surface area contributed by atoms with Crippen LogP contribution in [0.5, 0.6) is 5.75 Å². The van der Waals surface area contributed by atoms with Gasteiger partial charge in [0.15, 0.2) is 0 Å². The summed E-state index contributed by atoms with van der Waals surface area (Å²) in [6, 6.07) is 14.5. The zero-order chi connectivity index (χ0) is 23.8. The molecule has 2 aromatic carbocycles. The number of ether oxygens (including phenoxy) is 1. The van der Waals surface area contributed by atoms with Gasteiger partial charge in [-0.3, -0.25) is 4.79 Å². The van der Waals surface area contributed by atoms with Gasteiger partial charge in [-0.15, -0.1) is 0 Å². The number of fused-ring (bicyclic) bond motifs is 1. The van der Waals surface area contributed by atoms with E-state index in [1.807, 2.05) is 35.9 Å². The molecule has 1 aliphatic carbocycles. The average molecular weight is 447 g/mol. The van der Waals surface area contributed by atoms with E-state index in [1.165, 1.54) is 29.5 Å². The Labute approximate surface area is 196 Å². The predicted octanol–water partition coefficient (Wildman–Crippen LogP) is 5.95. The van der Waals surface area contributed by atoms with Crippen LogP contribution in [0, 0.1) is 0 Å². The number of aromatic nitrogens is 2. The number of hydrogen-bond acceptors (Lipinski definition) is 3. The lowest BCUT2D eigenvalue weighted by Crippen LogP contribution is -2.33. The van der Waals surface area contributed by atoms with E-state index in [0.717, 1.165) is 17.0 Å². The lowest BCUT2D eigenvalue weighted by Gasteiger charge is -2.42. The number of aliphatic carboxylic acids is 1. The van der Waals surface area contributed by atoms with Gasteiger partial charge in [-0.05, 0) is 58.1 Å². The first kappa shape index (κ1) is 23.1. The number of benzene rings is 2. The quantitative estimate of drug-likeness (QED) is 0.487. The number of carboxylic acids is 1. The van der Waals surface area contributed by atoms with Crippen LogP contribution in [0.15, 0.2) is 55.0 Å². The monoisotopic (exact) mass is 446 g/mol. The number of rotatable bonds is 7. The summed E-state index contributed by atoms with van der Waals surface area (Å²) >= 11 is 0. The van der Waals surface area contributed by atoms with Crippen molar-refractivity contribution in [3.63, 3.8) is 0 Å². The second kappa shape index (κ2) is 8.69. The Balaban J connectivity index is 1.50. The summed E-state index contributed by atoms with van der Waals surface area (Å²) in [6.45, 7) is 9.84. The van der Waals surface area contributed by atoms with Crippen LogP contribution >= 0.6 is 0 Å². The number of nitrogens with zero attached hydrogens (tertiary/aromatic N) is 2. The van der Waals surface area contributed by atoms with Crippen LogP contribution in [0.25, 0.3) is 0 Å². The van der Waals surface area contributed by atoms with E-state index in [-0.39, 0.29) is 23.2 Å². The van der Waals surface area contributed by atoms with Gasteiger partial charge < -0.3 is 14.4 Å². The van der Waals surface area contributed by atoms with E-state index in [4.69, 9.17) is 4.74 Å². The molecule has 5 nitrogen and oxygen atoms in total. The van der Waals surface area contributed by atoms with Crippen LogP contribution in [0.3, 0.4) is 0 Å². The molecule has 0 saturated carbocycles. The van der Waals surface area contributed by atoms with Gasteiger partial charge in [-0.25, -0.2) is 4.98 Å². The van der Waals surface area contributed by atoms with Gasteiger partial charge in [0.05, 0.1) is 12.7 Å². The van der Waals surface area contributed by atoms with E-state index in [2.05, 4.69) is 50.9 Å². The molecule has 0 radical (unpaired) electrons. The Hall–Kier alpha value is -3.08. The Kier molecular flexibility index (Phi) is 6.08. The lowest BCUT2D eigenvalue weighted by molar-refractivity contribution is -0.137. The Morgan fingerprint density at radius 1 is 1.06 bits per heavy atom. The highest BCUT2D eigenvalue weighted by Gasteiger charge is 2.36. The van der Waals surface area contributed by atoms with Gasteiger partial charge in [0.2, 0.25) is 0 Å². The van der Waals surface area contributed by atoms with Crippen molar-refractivity contribution in [1.82, 2.24) is 9.55 Å². The molecule has 1 aromatic heterocycles. The van der Waals surface area contributed by atoms with Gasteiger partial charge in [0, 0.05) is 24.9 Å². The summed E-state index contributed by atoms with van der Waals surface area (Å²) in [7, 11) is 1.88. The van der Waals surface area contributed by atoms with Crippen molar-refractivity contribution in [2.75, 3.05) is 0 Å². The average Bonchev–Trinajstić information content (AvgIpc) is 3.20. The maximum atomic E-state index is 11.4. The van der Waals surface area contributed by atoms with Crippen LogP contribution in [-0.2, 0) is 29.3 Å². The maximum Gasteiger partial charge on any atom is 0.304 e. The molecule has 1 atom stereocenters. The molecule has 0 spiro atoms. The molecular formula is C28H34N2O3. The fourth-order valence-corrected chi connectivity index (χ4v) is 4.96. The van der Waals surface area contributed by atoms with Crippen LogP contribution in [-0.4, -0.2) is 20.6 Å². The number of carboxylic acid groups (broad SMARTS) is 1. The molecule has 1 unspecified atom stereocenters. The molecule has 0 aliphatic heterocycles. The number of aryl methyl sites for hydroxylation is 1. The number of hydrogen-bond donors (Lipinski definition) is 1. The fraction of sp³-hybridized carbons (Fsp3) is 0.429. The summed E-state index contributed by atoms with van der Waals surface area (Å²) in [6.07, 6.45) is 5.84. The summed E-state index contributed by atoms with van der Waals surface area (Å²) in [4.78, 5) is 15.6. The highest BCUT2D eigenvalue weighted by atomic mass is 16.5. The standard InChI is InChI=1S/C28H34N2O3/c1-27(2)12-13-28(3,4)24-14-19(6-11-23(24)27)17-33-21-9-7-20(8-10-21)22(15-26(31)32)25-16-29-18-30(25)5/h6-11,14,16,18,22H,12-13,15,17H2,1-5H3,(H,31,32). The molecule has 0 saturated heterocycles. The van der Waals surface area contributed by atoms with Crippen molar-refractivity contribution in [3.8, 4) is 5.75 Å². The Morgan fingerprint density at radius 3 is 2.33 bits per heavy atom. The zero-order valence-corrected chi connectivity index (χ0v) is 20.3. The van der Waals surface area contributed by atoms with Crippen molar-refractivity contribution in [2.45, 2.75) is 70.3 Å². The van der Waals surface area contributed by atoms with E-state index >= 15 is 0 Å². The first-order valence-corrected chi connectivity index (χ1v) is 11.6. The minimum Gasteiger partial charge on any atom is -0.489 e. The van der Waals surface area contributed by atoms with E-state index in [0.29, 0.717) is 6.61 Å². The fourth-order valence-electron chi connectivity index (χ4n) is 4.96. The molecular weight excluding hydrogens is 412 g/mol. The molecule has 174 valence electrons. The molecule has 33 heavy (non-hydrogen) atoms. The maximum absolute atomic E-state index is 11.4. The molecule has 1 N–H and O–H groups in total.